The highest BCUT2D eigenvalue weighted by Gasteiger charge is 2.23. The van der Waals surface area contributed by atoms with Gasteiger partial charge in [-0.05, 0) is 44.7 Å². The van der Waals surface area contributed by atoms with E-state index in [1.807, 2.05) is 6.92 Å². The number of nitrogens with one attached hydrogen (secondary N) is 1. The molecule has 3 heterocycles. The molecular formula is C20H29N5OS2. The fraction of sp³-hybridized carbons (Fsp3) is 0.550. The molecule has 0 saturated carbocycles. The van der Waals surface area contributed by atoms with E-state index in [2.05, 4.69) is 39.6 Å². The summed E-state index contributed by atoms with van der Waals surface area (Å²) in [5, 5.41) is 6.62. The van der Waals surface area contributed by atoms with Gasteiger partial charge in [0.05, 0.1) is 15.6 Å². The van der Waals surface area contributed by atoms with Crippen molar-refractivity contribution in [3.63, 3.8) is 0 Å². The van der Waals surface area contributed by atoms with Crippen LogP contribution >= 0.6 is 22.7 Å². The SMILES string of the molecule is CCNC(=NCCc1ccc(-c2csc(C)n2)s1)N1CCCC(CC(N)=O)C1. The number of likely N-dealkylation sites (tertiary alicyclic amines) is 1. The summed E-state index contributed by atoms with van der Waals surface area (Å²) in [7, 11) is 0. The lowest BCUT2D eigenvalue weighted by Gasteiger charge is -2.34. The van der Waals surface area contributed by atoms with Gasteiger partial charge in [-0.15, -0.1) is 22.7 Å². The monoisotopic (exact) mass is 419 g/mol. The molecule has 1 aliphatic rings. The molecule has 8 heteroatoms. The highest BCUT2D eigenvalue weighted by Crippen LogP contribution is 2.29. The van der Waals surface area contributed by atoms with Crippen LogP contribution in [0.2, 0.25) is 0 Å². The van der Waals surface area contributed by atoms with Crippen molar-refractivity contribution in [3.8, 4) is 10.6 Å². The lowest BCUT2D eigenvalue weighted by molar-refractivity contribution is -0.119. The van der Waals surface area contributed by atoms with Crippen LogP contribution in [0.4, 0.5) is 0 Å². The van der Waals surface area contributed by atoms with Crippen LogP contribution < -0.4 is 11.1 Å². The van der Waals surface area contributed by atoms with Crippen molar-refractivity contribution in [3.05, 3.63) is 27.4 Å². The number of primary amides is 1. The number of aliphatic imine (C=N–C) groups is 1. The quantitative estimate of drug-likeness (QED) is 0.533. The Bertz CT molecular complexity index is 813. The van der Waals surface area contributed by atoms with E-state index in [9.17, 15) is 4.79 Å². The molecule has 0 aliphatic carbocycles. The zero-order valence-electron chi connectivity index (χ0n) is 16.6. The van der Waals surface area contributed by atoms with Crippen LogP contribution in [-0.4, -0.2) is 47.9 Å². The number of hydrogen-bond donors (Lipinski definition) is 2. The lowest BCUT2D eigenvalue weighted by Crippen LogP contribution is -2.47. The highest BCUT2D eigenvalue weighted by atomic mass is 32.1. The number of aromatic nitrogens is 1. The Morgan fingerprint density at radius 2 is 2.32 bits per heavy atom. The first-order chi connectivity index (χ1) is 13.5. The van der Waals surface area contributed by atoms with Crippen LogP contribution in [0.15, 0.2) is 22.5 Å². The number of thiazole rings is 1. The molecule has 0 spiro atoms. The normalized spacial score (nSPS) is 17.7. The topological polar surface area (TPSA) is 83.6 Å². The molecule has 1 fully saturated rings. The average molecular weight is 420 g/mol. The molecule has 1 unspecified atom stereocenters. The largest absolute Gasteiger partial charge is 0.370 e. The maximum absolute atomic E-state index is 11.3. The molecule has 1 saturated heterocycles. The second-order valence-electron chi connectivity index (χ2n) is 7.13. The van der Waals surface area contributed by atoms with Crippen molar-refractivity contribution in [2.75, 3.05) is 26.2 Å². The van der Waals surface area contributed by atoms with Crippen molar-refractivity contribution < 1.29 is 4.79 Å². The number of nitrogens with zero attached hydrogens (tertiary/aromatic N) is 3. The summed E-state index contributed by atoms with van der Waals surface area (Å²) in [4.78, 5) is 25.5. The summed E-state index contributed by atoms with van der Waals surface area (Å²) < 4.78 is 0. The van der Waals surface area contributed by atoms with Gasteiger partial charge < -0.3 is 16.0 Å². The third-order valence-electron chi connectivity index (χ3n) is 4.80. The van der Waals surface area contributed by atoms with Gasteiger partial charge in [0, 0.05) is 49.3 Å². The number of nitrogens with two attached hydrogens (primary N) is 1. The summed E-state index contributed by atoms with van der Waals surface area (Å²) in [6, 6.07) is 4.34. The number of guanidine groups is 1. The fourth-order valence-corrected chi connectivity index (χ4v) is 5.18. The lowest BCUT2D eigenvalue weighted by atomic mass is 9.95. The molecule has 1 aliphatic heterocycles. The molecule has 2 aromatic heterocycles. The predicted molar refractivity (Wildman–Crippen MR) is 118 cm³/mol. The molecule has 1 atom stereocenters. The highest BCUT2D eigenvalue weighted by molar-refractivity contribution is 7.16. The Morgan fingerprint density at radius 1 is 1.46 bits per heavy atom. The minimum Gasteiger partial charge on any atom is -0.370 e. The minimum atomic E-state index is -0.211. The molecule has 6 nitrogen and oxygen atoms in total. The second kappa shape index (κ2) is 10.0. The number of carbonyl (C=O) groups excluding carboxylic acids is 1. The third kappa shape index (κ3) is 5.78. The van der Waals surface area contributed by atoms with Crippen LogP contribution in [0.3, 0.4) is 0 Å². The smallest absolute Gasteiger partial charge is 0.217 e. The van der Waals surface area contributed by atoms with Crippen LogP contribution in [0.1, 0.15) is 36.1 Å². The van der Waals surface area contributed by atoms with E-state index >= 15 is 0 Å². The standard InChI is InChI=1S/C20H29N5OS2/c1-3-22-20(25-10-4-5-15(12-25)11-19(21)26)23-9-8-16-6-7-18(28-16)17-13-27-14(2)24-17/h6-7,13,15H,3-5,8-12H2,1-2H3,(H2,21,26)(H,22,23). The molecule has 3 N–H and O–H groups in total. The van der Waals surface area contributed by atoms with E-state index in [-0.39, 0.29) is 5.91 Å². The van der Waals surface area contributed by atoms with Crippen molar-refractivity contribution in [1.82, 2.24) is 15.2 Å². The van der Waals surface area contributed by atoms with E-state index in [0.717, 1.165) is 62.1 Å². The van der Waals surface area contributed by atoms with E-state index < -0.39 is 0 Å². The number of amides is 1. The van der Waals surface area contributed by atoms with Crippen molar-refractivity contribution in [2.45, 2.75) is 39.5 Å². The Kier molecular flexibility index (Phi) is 7.44. The summed E-state index contributed by atoms with van der Waals surface area (Å²) in [6.07, 6.45) is 3.52. The molecule has 0 radical (unpaired) electrons. The van der Waals surface area contributed by atoms with Crippen molar-refractivity contribution in [1.29, 1.82) is 0 Å². The van der Waals surface area contributed by atoms with E-state index in [0.29, 0.717) is 12.3 Å². The van der Waals surface area contributed by atoms with Gasteiger partial charge in [0.25, 0.3) is 0 Å². The molecule has 28 heavy (non-hydrogen) atoms. The van der Waals surface area contributed by atoms with Gasteiger partial charge in [-0.1, -0.05) is 0 Å². The van der Waals surface area contributed by atoms with Gasteiger partial charge >= 0.3 is 0 Å². The van der Waals surface area contributed by atoms with E-state index in [1.165, 1.54) is 9.75 Å². The zero-order valence-corrected chi connectivity index (χ0v) is 18.2. The summed E-state index contributed by atoms with van der Waals surface area (Å²) in [5.41, 5.74) is 6.46. The molecular weight excluding hydrogens is 390 g/mol. The minimum absolute atomic E-state index is 0.211. The maximum atomic E-state index is 11.3. The maximum Gasteiger partial charge on any atom is 0.217 e. The molecule has 2 aromatic rings. The summed E-state index contributed by atoms with van der Waals surface area (Å²) in [6.45, 7) is 7.53. The number of carbonyl (C=O) groups is 1. The molecule has 0 bridgehead atoms. The molecule has 0 aromatic carbocycles. The number of aryl methyl sites for hydroxylation is 1. The van der Waals surface area contributed by atoms with Crippen LogP contribution in [0.5, 0.6) is 0 Å². The van der Waals surface area contributed by atoms with Crippen LogP contribution in [0.25, 0.3) is 10.6 Å². The number of thiophene rings is 1. The molecule has 1 amide bonds. The first kappa shape index (κ1) is 20.8. The van der Waals surface area contributed by atoms with Crippen LogP contribution in [0, 0.1) is 12.8 Å². The van der Waals surface area contributed by atoms with Gasteiger partial charge in [0.2, 0.25) is 5.91 Å². The zero-order chi connectivity index (χ0) is 19.9. The first-order valence-corrected chi connectivity index (χ1v) is 11.6. The number of hydrogen-bond acceptors (Lipinski definition) is 5. The van der Waals surface area contributed by atoms with Gasteiger partial charge in [0.15, 0.2) is 5.96 Å². The Labute approximate surface area is 174 Å². The third-order valence-corrected chi connectivity index (χ3v) is 6.74. The van der Waals surface area contributed by atoms with E-state index in [4.69, 9.17) is 10.7 Å². The van der Waals surface area contributed by atoms with Gasteiger partial charge in [0.1, 0.15) is 0 Å². The molecule has 3 rings (SSSR count). The van der Waals surface area contributed by atoms with Crippen molar-refractivity contribution >= 4 is 34.5 Å². The Hall–Kier alpha value is -1.93. The van der Waals surface area contributed by atoms with Gasteiger partial charge in [-0.3, -0.25) is 9.79 Å². The fourth-order valence-electron chi connectivity index (χ4n) is 3.53. The second-order valence-corrected chi connectivity index (χ2v) is 9.36. The van der Waals surface area contributed by atoms with E-state index in [1.54, 1.807) is 22.7 Å². The van der Waals surface area contributed by atoms with Crippen molar-refractivity contribution in [2.24, 2.45) is 16.6 Å². The summed E-state index contributed by atoms with van der Waals surface area (Å²) in [5.74, 6) is 1.07. The predicted octanol–water partition coefficient (Wildman–Crippen LogP) is 3.28. The summed E-state index contributed by atoms with van der Waals surface area (Å²) >= 11 is 3.48. The number of piperidine rings is 1. The first-order valence-electron chi connectivity index (χ1n) is 9.88. The van der Waals surface area contributed by atoms with Gasteiger partial charge in [-0.25, -0.2) is 4.98 Å². The Morgan fingerprint density at radius 3 is 3.04 bits per heavy atom. The van der Waals surface area contributed by atoms with Crippen LogP contribution in [-0.2, 0) is 11.2 Å². The Balaban J connectivity index is 1.58. The van der Waals surface area contributed by atoms with Gasteiger partial charge in [-0.2, -0.15) is 0 Å². The molecule has 152 valence electrons. The average Bonchev–Trinajstić information content (AvgIpc) is 3.29. The number of rotatable bonds is 7.